The standard InChI is InChI=1S/C16H14Cl2N2O/c17-11-2-1-3-12(18)15(11)16(19)10-4-6-13-9(8-10)5-7-14(21)20-13/h1-4,6,8,16H,5,7,19H2,(H,20,21). The van der Waals surface area contributed by atoms with Crippen LogP contribution in [0.4, 0.5) is 5.69 Å². The van der Waals surface area contributed by atoms with Crippen LogP contribution >= 0.6 is 23.2 Å². The lowest BCUT2D eigenvalue weighted by Gasteiger charge is -2.21. The second-order valence-corrected chi connectivity index (χ2v) is 5.89. The molecule has 3 rings (SSSR count). The highest BCUT2D eigenvalue weighted by molar-refractivity contribution is 6.36. The number of hydrogen-bond donors (Lipinski definition) is 2. The van der Waals surface area contributed by atoms with Crippen LogP contribution in [0.25, 0.3) is 0 Å². The molecule has 0 fully saturated rings. The number of benzene rings is 2. The minimum absolute atomic E-state index is 0.0497. The van der Waals surface area contributed by atoms with E-state index in [1.165, 1.54) is 0 Å². The zero-order valence-electron chi connectivity index (χ0n) is 11.2. The van der Waals surface area contributed by atoms with Crippen LogP contribution < -0.4 is 11.1 Å². The lowest BCUT2D eigenvalue weighted by Crippen LogP contribution is -2.20. The number of nitrogens with one attached hydrogen (secondary N) is 1. The van der Waals surface area contributed by atoms with Crippen molar-refractivity contribution in [2.45, 2.75) is 18.9 Å². The highest BCUT2D eigenvalue weighted by Gasteiger charge is 2.19. The number of halogens is 2. The highest BCUT2D eigenvalue weighted by atomic mass is 35.5. The normalized spacial score (nSPS) is 15.3. The number of carbonyl (C=O) groups excluding carboxylic acids is 1. The van der Waals surface area contributed by atoms with Crippen LogP contribution in [0.5, 0.6) is 0 Å². The predicted molar refractivity (Wildman–Crippen MR) is 85.9 cm³/mol. The van der Waals surface area contributed by atoms with Crippen molar-refractivity contribution >= 4 is 34.8 Å². The summed E-state index contributed by atoms with van der Waals surface area (Å²) in [6, 6.07) is 10.8. The van der Waals surface area contributed by atoms with Gasteiger partial charge in [-0.1, -0.05) is 41.4 Å². The number of hydrogen-bond acceptors (Lipinski definition) is 2. The van der Waals surface area contributed by atoms with Gasteiger partial charge in [0.15, 0.2) is 0 Å². The Balaban J connectivity index is 1.99. The molecule has 0 saturated carbocycles. The first kappa shape index (κ1) is 14.4. The average molecular weight is 321 g/mol. The molecular formula is C16H14Cl2N2O. The molecule has 0 aliphatic carbocycles. The minimum Gasteiger partial charge on any atom is -0.326 e. The highest BCUT2D eigenvalue weighted by Crippen LogP contribution is 2.34. The third-order valence-electron chi connectivity index (χ3n) is 3.69. The number of rotatable bonds is 2. The van der Waals surface area contributed by atoms with Gasteiger partial charge < -0.3 is 11.1 Å². The van der Waals surface area contributed by atoms with Crippen molar-refractivity contribution < 1.29 is 4.79 Å². The zero-order chi connectivity index (χ0) is 15.0. The first-order chi connectivity index (χ1) is 10.1. The lowest BCUT2D eigenvalue weighted by atomic mass is 9.94. The fourth-order valence-corrected chi connectivity index (χ4v) is 3.20. The summed E-state index contributed by atoms with van der Waals surface area (Å²) in [6.07, 6.45) is 1.22. The van der Waals surface area contributed by atoms with Gasteiger partial charge in [0.2, 0.25) is 5.91 Å². The van der Waals surface area contributed by atoms with Gasteiger partial charge in [0.1, 0.15) is 0 Å². The Labute approximate surface area is 133 Å². The fourth-order valence-electron chi connectivity index (χ4n) is 2.57. The Kier molecular flexibility index (Phi) is 3.89. The molecule has 3 nitrogen and oxygen atoms in total. The second kappa shape index (κ2) is 5.68. The van der Waals surface area contributed by atoms with E-state index < -0.39 is 6.04 Å². The molecule has 2 aromatic rings. The molecule has 0 aromatic heterocycles. The van der Waals surface area contributed by atoms with Crippen LogP contribution in [-0.4, -0.2) is 5.91 Å². The number of carbonyl (C=O) groups is 1. The van der Waals surface area contributed by atoms with Gasteiger partial charge in [-0.2, -0.15) is 0 Å². The van der Waals surface area contributed by atoms with E-state index in [0.29, 0.717) is 16.5 Å². The summed E-state index contributed by atoms with van der Waals surface area (Å²) in [6.45, 7) is 0. The first-order valence-electron chi connectivity index (χ1n) is 6.68. The van der Waals surface area contributed by atoms with E-state index in [4.69, 9.17) is 28.9 Å². The second-order valence-electron chi connectivity index (χ2n) is 5.08. The van der Waals surface area contributed by atoms with Gasteiger partial charge in [0.25, 0.3) is 0 Å². The van der Waals surface area contributed by atoms with E-state index in [9.17, 15) is 4.79 Å². The molecule has 0 spiro atoms. The van der Waals surface area contributed by atoms with Crippen molar-refractivity contribution in [3.05, 3.63) is 63.1 Å². The third kappa shape index (κ3) is 2.77. The van der Waals surface area contributed by atoms with Crippen LogP contribution in [0.1, 0.15) is 29.2 Å². The molecule has 5 heteroatoms. The largest absolute Gasteiger partial charge is 0.326 e. The summed E-state index contributed by atoms with van der Waals surface area (Å²) < 4.78 is 0. The molecule has 21 heavy (non-hydrogen) atoms. The molecule has 0 bridgehead atoms. The van der Waals surface area contributed by atoms with Crippen molar-refractivity contribution in [3.63, 3.8) is 0 Å². The van der Waals surface area contributed by atoms with Crippen molar-refractivity contribution in [2.24, 2.45) is 5.73 Å². The van der Waals surface area contributed by atoms with E-state index in [2.05, 4.69) is 5.32 Å². The molecule has 1 heterocycles. The number of amides is 1. The number of aryl methyl sites for hydroxylation is 1. The molecular weight excluding hydrogens is 307 g/mol. The maximum Gasteiger partial charge on any atom is 0.224 e. The molecule has 0 saturated heterocycles. The van der Waals surface area contributed by atoms with E-state index in [1.54, 1.807) is 18.2 Å². The van der Waals surface area contributed by atoms with E-state index in [-0.39, 0.29) is 5.91 Å². The SMILES string of the molecule is NC(c1ccc2c(c1)CCC(=O)N2)c1c(Cl)cccc1Cl. The van der Waals surface area contributed by atoms with Crippen molar-refractivity contribution in [3.8, 4) is 0 Å². The summed E-state index contributed by atoms with van der Waals surface area (Å²) in [5.74, 6) is 0.0497. The maximum atomic E-state index is 11.4. The monoisotopic (exact) mass is 320 g/mol. The number of nitrogens with two attached hydrogens (primary N) is 1. The summed E-state index contributed by atoms with van der Waals surface area (Å²) >= 11 is 12.4. The van der Waals surface area contributed by atoms with Gasteiger partial charge in [0.05, 0.1) is 6.04 Å². The van der Waals surface area contributed by atoms with Crippen LogP contribution in [0.15, 0.2) is 36.4 Å². The number of anilines is 1. The Morgan fingerprint density at radius 1 is 1.10 bits per heavy atom. The topological polar surface area (TPSA) is 55.1 Å². The van der Waals surface area contributed by atoms with Gasteiger partial charge in [-0.15, -0.1) is 0 Å². The molecule has 1 aliphatic rings. The van der Waals surface area contributed by atoms with E-state index in [1.807, 2.05) is 18.2 Å². The van der Waals surface area contributed by atoms with E-state index >= 15 is 0 Å². The third-order valence-corrected chi connectivity index (χ3v) is 4.35. The Morgan fingerprint density at radius 3 is 2.52 bits per heavy atom. The predicted octanol–water partition coefficient (Wildman–Crippen LogP) is 3.93. The summed E-state index contributed by atoms with van der Waals surface area (Å²) in [5.41, 5.74) is 9.92. The van der Waals surface area contributed by atoms with E-state index in [0.717, 1.165) is 28.8 Å². The molecule has 3 N–H and O–H groups in total. The minimum atomic E-state index is -0.394. The summed E-state index contributed by atoms with van der Waals surface area (Å²) in [7, 11) is 0. The average Bonchev–Trinajstić information content (AvgIpc) is 2.46. The molecule has 0 radical (unpaired) electrons. The molecule has 1 unspecified atom stereocenters. The first-order valence-corrected chi connectivity index (χ1v) is 7.44. The summed E-state index contributed by atoms with van der Waals surface area (Å²) in [5, 5.41) is 3.97. The zero-order valence-corrected chi connectivity index (χ0v) is 12.7. The number of fused-ring (bicyclic) bond motifs is 1. The quantitative estimate of drug-likeness (QED) is 0.880. The van der Waals surface area contributed by atoms with Crippen LogP contribution in [0.3, 0.4) is 0 Å². The molecule has 1 amide bonds. The van der Waals surface area contributed by atoms with Gasteiger partial charge in [-0.05, 0) is 35.7 Å². The lowest BCUT2D eigenvalue weighted by molar-refractivity contribution is -0.116. The van der Waals surface area contributed by atoms with Crippen LogP contribution in [-0.2, 0) is 11.2 Å². The van der Waals surface area contributed by atoms with Crippen LogP contribution in [0.2, 0.25) is 10.0 Å². The Bertz CT molecular complexity index is 695. The van der Waals surface area contributed by atoms with Gasteiger partial charge >= 0.3 is 0 Å². The smallest absolute Gasteiger partial charge is 0.224 e. The van der Waals surface area contributed by atoms with Crippen LogP contribution in [0, 0.1) is 0 Å². The van der Waals surface area contributed by atoms with Crippen molar-refractivity contribution in [1.29, 1.82) is 0 Å². The maximum absolute atomic E-state index is 11.4. The summed E-state index contributed by atoms with van der Waals surface area (Å²) in [4.78, 5) is 11.4. The van der Waals surface area contributed by atoms with Crippen molar-refractivity contribution in [2.75, 3.05) is 5.32 Å². The Hall–Kier alpha value is -1.55. The Morgan fingerprint density at radius 2 is 1.81 bits per heavy atom. The van der Waals surface area contributed by atoms with Crippen molar-refractivity contribution in [1.82, 2.24) is 0 Å². The molecule has 1 atom stereocenters. The van der Waals surface area contributed by atoms with Gasteiger partial charge in [0, 0.05) is 27.7 Å². The molecule has 1 aliphatic heterocycles. The van der Waals surface area contributed by atoms with Gasteiger partial charge in [-0.25, -0.2) is 0 Å². The molecule has 108 valence electrons. The van der Waals surface area contributed by atoms with Gasteiger partial charge in [-0.3, -0.25) is 4.79 Å². The molecule has 2 aromatic carbocycles. The fraction of sp³-hybridized carbons (Fsp3) is 0.188.